The van der Waals surface area contributed by atoms with Gasteiger partial charge in [0.05, 0.1) is 5.69 Å². The van der Waals surface area contributed by atoms with Crippen molar-refractivity contribution in [2.45, 2.75) is 6.92 Å². The molecule has 1 atom stereocenters. The van der Waals surface area contributed by atoms with Gasteiger partial charge in [-0.05, 0) is 37.4 Å². The topological polar surface area (TPSA) is 72.5 Å². The molecule has 2 N–H and O–H groups in total. The lowest BCUT2D eigenvalue weighted by Gasteiger charge is -2.19. The molecule has 24 heavy (non-hydrogen) atoms. The number of anilines is 1. The molecule has 3 rings (SSSR count). The van der Waals surface area contributed by atoms with Crippen LogP contribution in [-0.4, -0.2) is 37.7 Å². The molecule has 1 amide bonds. The summed E-state index contributed by atoms with van der Waals surface area (Å²) in [4.78, 5) is 16.6. The summed E-state index contributed by atoms with van der Waals surface area (Å²) >= 11 is 0. The first-order valence-electron chi connectivity index (χ1n) is 8.00. The fourth-order valence-corrected chi connectivity index (χ4v) is 2.52. The lowest BCUT2D eigenvalue weighted by molar-refractivity contribution is -0.119. The molecule has 6 nitrogen and oxygen atoms in total. The quantitative estimate of drug-likeness (QED) is 0.882. The van der Waals surface area contributed by atoms with Crippen molar-refractivity contribution in [3.63, 3.8) is 0 Å². The Bertz CT molecular complexity index is 733. The molecule has 0 radical (unpaired) electrons. The monoisotopic (exact) mass is 327 g/mol. The lowest BCUT2D eigenvalue weighted by atomic mass is 10.1. The van der Waals surface area contributed by atoms with Crippen LogP contribution < -0.4 is 20.1 Å². The molecular weight excluding hydrogens is 306 g/mol. The predicted molar refractivity (Wildman–Crippen MR) is 92.4 cm³/mol. The highest BCUT2D eigenvalue weighted by Gasteiger charge is 2.15. The average Bonchev–Trinajstić information content (AvgIpc) is 2.61. The summed E-state index contributed by atoms with van der Waals surface area (Å²) in [6, 6.07) is 11.3. The number of rotatable bonds is 5. The van der Waals surface area contributed by atoms with Gasteiger partial charge in [0.25, 0.3) is 0 Å². The van der Waals surface area contributed by atoms with Crippen LogP contribution in [0.2, 0.25) is 0 Å². The molecule has 0 saturated carbocycles. The van der Waals surface area contributed by atoms with Crippen LogP contribution in [0.1, 0.15) is 6.92 Å². The molecular formula is C18H21N3O3. The Hall–Kier alpha value is -2.60. The van der Waals surface area contributed by atoms with E-state index in [4.69, 9.17) is 9.47 Å². The Kier molecular flexibility index (Phi) is 4.96. The summed E-state index contributed by atoms with van der Waals surface area (Å²) in [5.74, 6) is 1.81. The average molecular weight is 327 g/mol. The molecule has 2 heterocycles. The van der Waals surface area contributed by atoms with E-state index in [9.17, 15) is 4.79 Å². The van der Waals surface area contributed by atoms with Crippen molar-refractivity contribution in [1.82, 2.24) is 10.3 Å². The summed E-state index contributed by atoms with van der Waals surface area (Å²) < 4.78 is 11.1. The van der Waals surface area contributed by atoms with Crippen LogP contribution in [-0.2, 0) is 4.79 Å². The number of fused-ring (bicyclic) bond motifs is 1. The van der Waals surface area contributed by atoms with E-state index in [0.29, 0.717) is 25.6 Å². The van der Waals surface area contributed by atoms with E-state index < -0.39 is 0 Å². The zero-order valence-corrected chi connectivity index (χ0v) is 13.8. The van der Waals surface area contributed by atoms with Crippen molar-refractivity contribution in [2.24, 2.45) is 5.92 Å². The Balaban J connectivity index is 1.79. The fourth-order valence-electron chi connectivity index (χ4n) is 2.52. The van der Waals surface area contributed by atoms with Crippen molar-refractivity contribution in [1.29, 1.82) is 0 Å². The summed E-state index contributed by atoms with van der Waals surface area (Å²) in [5.41, 5.74) is 1.68. The number of hydrogen-bond donors (Lipinski definition) is 2. The Labute approximate surface area is 141 Å². The second kappa shape index (κ2) is 7.31. The molecule has 1 aromatic heterocycles. The zero-order chi connectivity index (χ0) is 16.9. The third kappa shape index (κ3) is 3.65. The van der Waals surface area contributed by atoms with Crippen LogP contribution in [0.25, 0.3) is 11.3 Å². The van der Waals surface area contributed by atoms with Crippen molar-refractivity contribution >= 4 is 11.7 Å². The van der Waals surface area contributed by atoms with Crippen LogP contribution in [0.5, 0.6) is 11.5 Å². The highest BCUT2D eigenvalue weighted by molar-refractivity contribution is 5.91. The first-order valence-corrected chi connectivity index (χ1v) is 8.00. The Morgan fingerprint density at radius 3 is 2.79 bits per heavy atom. The second-order valence-corrected chi connectivity index (χ2v) is 5.71. The highest BCUT2D eigenvalue weighted by Crippen LogP contribution is 2.34. The van der Waals surface area contributed by atoms with Gasteiger partial charge < -0.3 is 20.1 Å². The third-order valence-electron chi connectivity index (χ3n) is 3.80. The summed E-state index contributed by atoms with van der Waals surface area (Å²) in [5, 5.41) is 5.85. The number of amides is 1. The summed E-state index contributed by atoms with van der Waals surface area (Å²) in [6.45, 7) is 3.60. The van der Waals surface area contributed by atoms with Gasteiger partial charge in [0, 0.05) is 18.0 Å². The number of hydrogen-bond acceptors (Lipinski definition) is 5. The van der Waals surface area contributed by atoms with Crippen molar-refractivity contribution in [3.8, 4) is 22.8 Å². The maximum Gasteiger partial charge on any atom is 0.229 e. The molecule has 2 aromatic rings. The molecule has 0 saturated heterocycles. The number of pyridine rings is 1. The summed E-state index contributed by atoms with van der Waals surface area (Å²) in [6.07, 6.45) is 0. The molecule has 0 aliphatic carbocycles. The van der Waals surface area contributed by atoms with Gasteiger partial charge in [-0.1, -0.05) is 13.0 Å². The van der Waals surface area contributed by atoms with E-state index in [1.807, 2.05) is 44.3 Å². The van der Waals surface area contributed by atoms with E-state index in [1.165, 1.54) is 0 Å². The van der Waals surface area contributed by atoms with E-state index in [2.05, 4.69) is 15.6 Å². The van der Waals surface area contributed by atoms with E-state index in [0.717, 1.165) is 22.8 Å². The normalized spacial score (nSPS) is 14.1. The van der Waals surface area contributed by atoms with Gasteiger partial charge in [-0.15, -0.1) is 0 Å². The van der Waals surface area contributed by atoms with Crippen LogP contribution in [0.3, 0.4) is 0 Å². The molecule has 0 spiro atoms. The zero-order valence-electron chi connectivity index (χ0n) is 13.8. The third-order valence-corrected chi connectivity index (χ3v) is 3.80. The van der Waals surface area contributed by atoms with Gasteiger partial charge in [-0.2, -0.15) is 0 Å². The number of ether oxygens (including phenoxy) is 2. The van der Waals surface area contributed by atoms with Crippen LogP contribution >= 0.6 is 0 Å². The van der Waals surface area contributed by atoms with Crippen LogP contribution in [0.4, 0.5) is 5.82 Å². The number of nitrogens with zero attached hydrogens (tertiary/aromatic N) is 1. The first-order chi connectivity index (χ1) is 11.7. The molecule has 1 aliphatic heterocycles. The second-order valence-electron chi connectivity index (χ2n) is 5.71. The maximum atomic E-state index is 12.1. The van der Waals surface area contributed by atoms with Crippen LogP contribution in [0, 0.1) is 5.92 Å². The minimum absolute atomic E-state index is 0.0591. The predicted octanol–water partition coefficient (Wildman–Crippen LogP) is 2.31. The highest BCUT2D eigenvalue weighted by atomic mass is 16.6. The van der Waals surface area contributed by atoms with Gasteiger partial charge >= 0.3 is 0 Å². The number of benzene rings is 1. The molecule has 6 heteroatoms. The number of carbonyl (C=O) groups is 1. The molecule has 0 fully saturated rings. The largest absolute Gasteiger partial charge is 0.486 e. The van der Waals surface area contributed by atoms with Gasteiger partial charge in [-0.3, -0.25) is 4.79 Å². The van der Waals surface area contributed by atoms with Crippen molar-refractivity contribution in [3.05, 3.63) is 36.4 Å². The number of carbonyl (C=O) groups excluding carboxylic acids is 1. The molecule has 1 aliphatic rings. The van der Waals surface area contributed by atoms with E-state index >= 15 is 0 Å². The fraction of sp³-hybridized carbons (Fsp3) is 0.333. The minimum atomic E-state index is -0.130. The van der Waals surface area contributed by atoms with Crippen molar-refractivity contribution in [2.75, 3.05) is 32.1 Å². The van der Waals surface area contributed by atoms with Gasteiger partial charge in [0.15, 0.2) is 11.5 Å². The minimum Gasteiger partial charge on any atom is -0.486 e. The van der Waals surface area contributed by atoms with E-state index in [1.54, 1.807) is 6.07 Å². The van der Waals surface area contributed by atoms with Gasteiger partial charge in [-0.25, -0.2) is 4.98 Å². The smallest absolute Gasteiger partial charge is 0.229 e. The molecule has 1 aromatic carbocycles. The molecule has 0 bridgehead atoms. The van der Waals surface area contributed by atoms with Crippen molar-refractivity contribution < 1.29 is 14.3 Å². The van der Waals surface area contributed by atoms with Gasteiger partial charge in [0.2, 0.25) is 5.91 Å². The lowest BCUT2D eigenvalue weighted by Crippen LogP contribution is -2.28. The molecule has 126 valence electrons. The number of aromatic nitrogens is 1. The van der Waals surface area contributed by atoms with Gasteiger partial charge in [0.1, 0.15) is 19.0 Å². The maximum absolute atomic E-state index is 12.1. The van der Waals surface area contributed by atoms with E-state index in [-0.39, 0.29) is 11.8 Å². The molecule has 1 unspecified atom stereocenters. The van der Waals surface area contributed by atoms with Crippen LogP contribution in [0.15, 0.2) is 36.4 Å². The SMILES string of the molecule is CNCC(C)C(=O)Nc1cccc(-c2ccc3c(c2)OCCO3)n1. The first kappa shape index (κ1) is 16.3. The Morgan fingerprint density at radius 1 is 1.21 bits per heavy atom. The number of nitrogens with one attached hydrogen (secondary N) is 2. The Morgan fingerprint density at radius 2 is 2.00 bits per heavy atom. The standard InChI is InChI=1S/C18H21N3O3/c1-12(11-19-2)18(22)21-17-5-3-4-14(20-17)13-6-7-15-16(10-13)24-9-8-23-15/h3-7,10,12,19H,8-9,11H2,1-2H3,(H,20,21,22). The summed E-state index contributed by atoms with van der Waals surface area (Å²) in [7, 11) is 1.82.